The van der Waals surface area contributed by atoms with Crippen LogP contribution >= 0.6 is 0 Å². The fourth-order valence-corrected chi connectivity index (χ4v) is 5.10. The summed E-state index contributed by atoms with van der Waals surface area (Å²) in [5, 5.41) is 13.1. The summed E-state index contributed by atoms with van der Waals surface area (Å²) in [5.74, 6) is 0. The highest BCUT2D eigenvalue weighted by atomic mass is 15.2. The maximum absolute atomic E-state index is 3.93. The first kappa shape index (κ1) is 21.9. The lowest BCUT2D eigenvalue weighted by atomic mass is 9.99. The van der Waals surface area contributed by atoms with Crippen molar-refractivity contribution in [3.8, 4) is 5.69 Å². The number of aromatic nitrogens is 4. The van der Waals surface area contributed by atoms with Gasteiger partial charge in [-0.05, 0) is 81.1 Å². The number of aryl methyl sites for hydroxylation is 1. The number of hydrogen-bond acceptors (Lipinski definition) is 4. The molecule has 33 heavy (non-hydrogen) atoms. The molecule has 2 aromatic carbocycles. The summed E-state index contributed by atoms with van der Waals surface area (Å²) in [6.45, 7) is 5.82. The van der Waals surface area contributed by atoms with Crippen molar-refractivity contribution in [3.63, 3.8) is 0 Å². The van der Waals surface area contributed by atoms with Crippen LogP contribution in [0.3, 0.4) is 0 Å². The Morgan fingerprint density at radius 1 is 1.06 bits per heavy atom. The van der Waals surface area contributed by atoms with Crippen LogP contribution in [0.4, 0.5) is 0 Å². The molecule has 5 rings (SSSR count). The van der Waals surface area contributed by atoms with Crippen molar-refractivity contribution in [1.29, 1.82) is 0 Å². The van der Waals surface area contributed by atoms with Crippen molar-refractivity contribution >= 4 is 10.9 Å². The second kappa shape index (κ2) is 10.3. The molecule has 172 valence electrons. The van der Waals surface area contributed by atoms with E-state index in [-0.39, 0.29) is 0 Å². The van der Waals surface area contributed by atoms with Gasteiger partial charge in [-0.2, -0.15) is 0 Å². The molecule has 6 nitrogen and oxygen atoms in total. The zero-order chi connectivity index (χ0) is 22.5. The van der Waals surface area contributed by atoms with Gasteiger partial charge in [0.2, 0.25) is 0 Å². The molecule has 0 aliphatic carbocycles. The lowest BCUT2D eigenvalue weighted by molar-refractivity contribution is 0.188. The molecule has 0 saturated carbocycles. The predicted molar refractivity (Wildman–Crippen MR) is 134 cm³/mol. The van der Waals surface area contributed by atoms with Gasteiger partial charge < -0.3 is 15.2 Å². The monoisotopic (exact) mass is 442 g/mol. The number of piperidine rings is 1. The molecule has 1 atom stereocenters. The lowest BCUT2D eigenvalue weighted by Crippen LogP contribution is -2.43. The van der Waals surface area contributed by atoms with E-state index in [1.54, 1.807) is 12.7 Å². The minimum Gasteiger partial charge on any atom is -0.361 e. The molecule has 0 spiro atoms. The number of nitrogens with zero attached hydrogens (tertiary/aromatic N) is 4. The smallest absolute Gasteiger partial charge is 0.123 e. The van der Waals surface area contributed by atoms with Crippen LogP contribution in [0.25, 0.3) is 16.6 Å². The summed E-state index contributed by atoms with van der Waals surface area (Å²) < 4.78 is 1.95. The average molecular weight is 443 g/mol. The fourth-order valence-electron chi connectivity index (χ4n) is 5.10. The maximum Gasteiger partial charge on any atom is 0.123 e. The Labute approximate surface area is 196 Å². The van der Waals surface area contributed by atoms with Gasteiger partial charge in [0.15, 0.2) is 0 Å². The van der Waals surface area contributed by atoms with Gasteiger partial charge in [-0.15, -0.1) is 10.2 Å². The van der Waals surface area contributed by atoms with Crippen LogP contribution < -0.4 is 5.32 Å². The molecule has 2 N–H and O–H groups in total. The Balaban J connectivity index is 1.11. The van der Waals surface area contributed by atoms with Gasteiger partial charge in [0.1, 0.15) is 12.7 Å². The van der Waals surface area contributed by atoms with Crippen LogP contribution in [0.5, 0.6) is 0 Å². The fraction of sp³-hybridized carbons (Fsp3) is 0.407. The van der Waals surface area contributed by atoms with Crippen LogP contribution in [-0.2, 0) is 6.42 Å². The largest absolute Gasteiger partial charge is 0.361 e. The summed E-state index contributed by atoms with van der Waals surface area (Å²) in [5.41, 5.74) is 5.10. The van der Waals surface area contributed by atoms with Crippen molar-refractivity contribution in [2.75, 3.05) is 19.6 Å². The quantitative estimate of drug-likeness (QED) is 0.388. The van der Waals surface area contributed by atoms with Gasteiger partial charge in [-0.1, -0.05) is 37.3 Å². The molecule has 0 amide bonds. The van der Waals surface area contributed by atoms with Crippen molar-refractivity contribution in [2.45, 2.75) is 51.1 Å². The first-order chi connectivity index (χ1) is 16.3. The summed E-state index contributed by atoms with van der Waals surface area (Å²) in [6, 6.07) is 18.4. The number of benzene rings is 2. The molecule has 4 aromatic rings. The predicted octanol–water partition coefficient (Wildman–Crippen LogP) is 4.89. The molecular weight excluding hydrogens is 408 g/mol. The molecule has 0 bridgehead atoms. The molecule has 0 radical (unpaired) electrons. The van der Waals surface area contributed by atoms with Gasteiger partial charge in [0.05, 0.1) is 0 Å². The standard InChI is InChI=1S/C27H34N6/c1-2-26(21-7-4-3-5-8-21)31-23-12-15-32(16-13-23)14-6-9-22-18-28-27-11-10-24(17-25(22)27)33-19-29-30-20-33/h3-5,7-8,10-11,17-20,23,26,28,31H,2,6,9,12-16H2,1H3. The van der Waals surface area contributed by atoms with E-state index in [0.29, 0.717) is 12.1 Å². The van der Waals surface area contributed by atoms with Crippen LogP contribution in [0.2, 0.25) is 0 Å². The normalized spacial score (nSPS) is 16.4. The van der Waals surface area contributed by atoms with Crippen molar-refractivity contribution in [1.82, 2.24) is 30.0 Å². The molecule has 6 heteroatoms. The van der Waals surface area contributed by atoms with Crippen LogP contribution in [0.15, 0.2) is 67.4 Å². The van der Waals surface area contributed by atoms with Crippen LogP contribution in [0, 0.1) is 0 Å². The second-order valence-corrected chi connectivity index (χ2v) is 9.17. The minimum absolute atomic E-state index is 0.465. The highest BCUT2D eigenvalue weighted by Gasteiger charge is 2.21. The minimum atomic E-state index is 0.465. The Kier molecular flexibility index (Phi) is 6.84. The van der Waals surface area contributed by atoms with Crippen molar-refractivity contribution in [3.05, 3.63) is 78.5 Å². The van der Waals surface area contributed by atoms with E-state index in [2.05, 4.69) is 87.0 Å². The van der Waals surface area contributed by atoms with Gasteiger partial charge in [0, 0.05) is 34.9 Å². The van der Waals surface area contributed by atoms with E-state index >= 15 is 0 Å². The topological polar surface area (TPSA) is 61.8 Å². The van der Waals surface area contributed by atoms with Gasteiger partial charge >= 0.3 is 0 Å². The van der Waals surface area contributed by atoms with Crippen LogP contribution in [0.1, 0.15) is 49.8 Å². The van der Waals surface area contributed by atoms with Crippen molar-refractivity contribution in [2.24, 2.45) is 0 Å². The Morgan fingerprint density at radius 3 is 2.61 bits per heavy atom. The number of likely N-dealkylation sites (tertiary alicyclic amines) is 1. The summed E-state index contributed by atoms with van der Waals surface area (Å²) >= 11 is 0. The van der Waals surface area contributed by atoms with E-state index in [9.17, 15) is 0 Å². The number of aromatic amines is 1. The number of rotatable bonds is 9. The zero-order valence-electron chi connectivity index (χ0n) is 19.5. The summed E-state index contributed by atoms with van der Waals surface area (Å²) in [7, 11) is 0. The van der Waals surface area contributed by atoms with Crippen LogP contribution in [-0.4, -0.2) is 50.3 Å². The van der Waals surface area contributed by atoms with Gasteiger partial charge in [-0.3, -0.25) is 4.57 Å². The third kappa shape index (κ3) is 5.18. The van der Waals surface area contributed by atoms with E-state index in [1.807, 2.05) is 4.57 Å². The number of fused-ring (bicyclic) bond motifs is 1. The zero-order valence-corrected chi connectivity index (χ0v) is 19.5. The van der Waals surface area contributed by atoms with E-state index in [0.717, 1.165) is 18.5 Å². The van der Waals surface area contributed by atoms with E-state index in [4.69, 9.17) is 0 Å². The van der Waals surface area contributed by atoms with E-state index in [1.165, 1.54) is 60.9 Å². The molecule has 3 heterocycles. The lowest BCUT2D eigenvalue weighted by Gasteiger charge is -2.34. The summed E-state index contributed by atoms with van der Waals surface area (Å²) in [4.78, 5) is 6.07. The second-order valence-electron chi connectivity index (χ2n) is 9.17. The summed E-state index contributed by atoms with van der Waals surface area (Å²) in [6.07, 6.45) is 11.5. The average Bonchev–Trinajstić information content (AvgIpc) is 3.54. The first-order valence-electron chi connectivity index (χ1n) is 12.3. The molecular formula is C27H34N6. The number of H-pyrrole nitrogens is 1. The SMILES string of the molecule is CCC(NC1CCN(CCCc2c[nH]c3ccc(-n4cnnc4)cc23)CC1)c1ccccc1. The van der Waals surface area contributed by atoms with E-state index < -0.39 is 0 Å². The number of nitrogens with one attached hydrogen (secondary N) is 2. The Hall–Kier alpha value is -2.96. The highest BCUT2D eigenvalue weighted by Crippen LogP contribution is 2.24. The first-order valence-corrected chi connectivity index (χ1v) is 12.3. The Bertz CT molecular complexity index is 1130. The molecule has 1 fully saturated rings. The molecule has 1 aliphatic heterocycles. The molecule has 1 unspecified atom stereocenters. The number of hydrogen-bond donors (Lipinski definition) is 2. The third-order valence-corrected chi connectivity index (χ3v) is 7.02. The molecule has 1 aliphatic rings. The third-order valence-electron chi connectivity index (χ3n) is 7.02. The van der Waals surface area contributed by atoms with Gasteiger partial charge in [0.25, 0.3) is 0 Å². The molecule has 2 aromatic heterocycles. The Morgan fingerprint density at radius 2 is 1.85 bits per heavy atom. The highest BCUT2D eigenvalue weighted by molar-refractivity contribution is 5.85. The molecule has 1 saturated heterocycles. The van der Waals surface area contributed by atoms with Crippen molar-refractivity contribution < 1.29 is 0 Å². The maximum atomic E-state index is 3.93. The van der Waals surface area contributed by atoms with Gasteiger partial charge in [-0.25, -0.2) is 0 Å².